The molecule has 2 saturated heterocycles. The number of piperidine rings is 1. The average molecular weight is 391 g/mol. The normalized spacial score (nSPS) is 24.7. The third-order valence-electron chi connectivity index (χ3n) is 5.54. The van der Waals surface area contributed by atoms with Crippen molar-refractivity contribution in [3.8, 4) is 6.07 Å². The number of sulfonamides is 1. The van der Waals surface area contributed by atoms with Gasteiger partial charge in [-0.2, -0.15) is 9.57 Å². The van der Waals surface area contributed by atoms with E-state index in [1.165, 1.54) is 28.6 Å². The van der Waals surface area contributed by atoms with E-state index in [2.05, 4.69) is 0 Å². The topological polar surface area (TPSA) is 90.7 Å². The molecule has 3 rings (SSSR count). The van der Waals surface area contributed by atoms with Crippen LogP contribution in [0.5, 0.6) is 0 Å². The van der Waals surface area contributed by atoms with E-state index in [4.69, 9.17) is 10.00 Å². The van der Waals surface area contributed by atoms with Gasteiger partial charge in [0.15, 0.2) is 6.10 Å². The van der Waals surface area contributed by atoms with Crippen molar-refractivity contribution in [1.82, 2.24) is 9.21 Å². The minimum atomic E-state index is -3.57. The lowest BCUT2D eigenvalue weighted by molar-refractivity contribution is -0.181. The summed E-state index contributed by atoms with van der Waals surface area (Å²) < 4.78 is 32.6. The Hall–Kier alpha value is -1.95. The summed E-state index contributed by atoms with van der Waals surface area (Å²) in [4.78, 5) is 14.3. The van der Waals surface area contributed by atoms with Crippen LogP contribution in [-0.4, -0.2) is 61.9 Å². The first-order valence-electron chi connectivity index (χ1n) is 9.16. The van der Waals surface area contributed by atoms with Gasteiger partial charge in [0.25, 0.3) is 5.91 Å². The van der Waals surface area contributed by atoms with Crippen LogP contribution in [0.15, 0.2) is 29.2 Å². The van der Waals surface area contributed by atoms with Gasteiger partial charge < -0.3 is 9.64 Å². The number of methoxy groups -OCH3 is 1. The number of hydrogen-bond donors (Lipinski definition) is 0. The minimum Gasteiger partial charge on any atom is -0.369 e. The number of rotatable bonds is 5. The molecule has 7 nitrogen and oxygen atoms in total. The van der Waals surface area contributed by atoms with Crippen molar-refractivity contribution in [2.45, 2.75) is 49.8 Å². The molecule has 0 aliphatic carbocycles. The van der Waals surface area contributed by atoms with Crippen molar-refractivity contribution in [1.29, 1.82) is 5.26 Å². The van der Waals surface area contributed by atoms with Crippen LogP contribution in [0.25, 0.3) is 0 Å². The molecule has 0 spiro atoms. The van der Waals surface area contributed by atoms with E-state index in [0.717, 1.165) is 0 Å². The predicted octanol–water partition coefficient (Wildman–Crippen LogP) is 1.59. The lowest BCUT2D eigenvalue weighted by Gasteiger charge is -2.53. The predicted molar refractivity (Wildman–Crippen MR) is 99.2 cm³/mol. The molecule has 0 N–H and O–H groups in total. The van der Waals surface area contributed by atoms with Gasteiger partial charge in [-0.3, -0.25) is 4.79 Å². The molecule has 1 aromatic rings. The Morgan fingerprint density at radius 3 is 2.26 bits per heavy atom. The third-order valence-corrected chi connectivity index (χ3v) is 7.46. The van der Waals surface area contributed by atoms with Gasteiger partial charge in [-0.1, -0.05) is 0 Å². The van der Waals surface area contributed by atoms with Crippen LogP contribution in [0.4, 0.5) is 0 Å². The van der Waals surface area contributed by atoms with Crippen molar-refractivity contribution in [2.24, 2.45) is 5.92 Å². The molecule has 0 saturated carbocycles. The molecule has 2 aliphatic rings. The highest BCUT2D eigenvalue weighted by atomic mass is 32.2. The van der Waals surface area contributed by atoms with E-state index in [9.17, 15) is 13.2 Å². The molecule has 0 unspecified atom stereocenters. The highest BCUT2D eigenvalue weighted by Crippen LogP contribution is 2.37. The number of carbonyl (C=O) groups is 1. The zero-order valence-electron chi connectivity index (χ0n) is 15.8. The highest BCUT2D eigenvalue weighted by Gasteiger charge is 2.52. The first kappa shape index (κ1) is 19.8. The molecule has 1 aromatic carbocycles. The van der Waals surface area contributed by atoms with E-state index in [1.807, 2.05) is 24.8 Å². The van der Waals surface area contributed by atoms with Gasteiger partial charge in [0.05, 0.1) is 22.6 Å². The number of β-lactam (4-membered cyclic amide) rings is 1. The highest BCUT2D eigenvalue weighted by molar-refractivity contribution is 7.89. The minimum absolute atomic E-state index is 0.0160. The number of nitriles is 1. The monoisotopic (exact) mass is 391 g/mol. The van der Waals surface area contributed by atoms with Gasteiger partial charge in [0.2, 0.25) is 10.0 Å². The van der Waals surface area contributed by atoms with Crippen LogP contribution in [0.3, 0.4) is 0 Å². The summed E-state index contributed by atoms with van der Waals surface area (Å²) in [5.41, 5.74) is 0.432. The largest absolute Gasteiger partial charge is 0.369 e. The fraction of sp³-hybridized carbons (Fsp3) is 0.579. The van der Waals surface area contributed by atoms with E-state index in [-0.39, 0.29) is 28.8 Å². The quantitative estimate of drug-likeness (QED) is 0.711. The molecule has 2 fully saturated rings. The summed E-state index contributed by atoms with van der Waals surface area (Å²) in [6.45, 7) is 4.81. The van der Waals surface area contributed by atoms with Gasteiger partial charge in [-0.05, 0) is 56.9 Å². The maximum atomic E-state index is 12.8. The number of hydrogen-bond acceptors (Lipinski definition) is 5. The molecule has 0 bridgehead atoms. The van der Waals surface area contributed by atoms with Crippen molar-refractivity contribution in [3.05, 3.63) is 29.8 Å². The first-order valence-corrected chi connectivity index (χ1v) is 10.6. The number of benzene rings is 1. The summed E-state index contributed by atoms with van der Waals surface area (Å²) in [5.74, 6) is 0.243. The smallest absolute Gasteiger partial charge is 0.254 e. The summed E-state index contributed by atoms with van der Waals surface area (Å²) in [5, 5.41) is 8.86. The molecule has 2 atom stereocenters. The second-order valence-electron chi connectivity index (χ2n) is 7.36. The lowest BCUT2D eigenvalue weighted by Crippen LogP contribution is -2.70. The Bertz CT molecular complexity index is 837. The molecule has 2 heterocycles. The summed E-state index contributed by atoms with van der Waals surface area (Å²) in [7, 11) is -2.02. The molecule has 8 heteroatoms. The summed E-state index contributed by atoms with van der Waals surface area (Å²) in [6, 6.07) is 8.10. The van der Waals surface area contributed by atoms with Gasteiger partial charge in [-0.15, -0.1) is 0 Å². The second-order valence-corrected chi connectivity index (χ2v) is 9.30. The Kier molecular flexibility index (Phi) is 5.56. The summed E-state index contributed by atoms with van der Waals surface area (Å²) in [6.07, 6.45) is 0.964. The van der Waals surface area contributed by atoms with Gasteiger partial charge in [0, 0.05) is 26.2 Å². The van der Waals surface area contributed by atoms with E-state index < -0.39 is 16.1 Å². The van der Waals surface area contributed by atoms with Crippen LogP contribution in [0.2, 0.25) is 0 Å². The fourth-order valence-electron chi connectivity index (χ4n) is 4.13. The average Bonchev–Trinajstić information content (AvgIpc) is 2.66. The molecule has 27 heavy (non-hydrogen) atoms. The number of nitrogens with zero attached hydrogens (tertiary/aromatic N) is 3. The van der Waals surface area contributed by atoms with Crippen LogP contribution < -0.4 is 0 Å². The van der Waals surface area contributed by atoms with Gasteiger partial charge in [0.1, 0.15) is 0 Å². The van der Waals surface area contributed by atoms with Crippen LogP contribution in [-0.2, 0) is 19.6 Å². The van der Waals surface area contributed by atoms with Gasteiger partial charge >= 0.3 is 0 Å². The Morgan fingerprint density at radius 1 is 1.19 bits per heavy atom. The van der Waals surface area contributed by atoms with Crippen molar-refractivity contribution >= 4 is 15.9 Å². The van der Waals surface area contributed by atoms with Crippen LogP contribution >= 0.6 is 0 Å². The number of carbonyl (C=O) groups excluding carboxylic acids is 1. The number of amides is 1. The Morgan fingerprint density at radius 2 is 1.78 bits per heavy atom. The van der Waals surface area contributed by atoms with Crippen molar-refractivity contribution in [2.75, 3.05) is 20.2 Å². The zero-order valence-corrected chi connectivity index (χ0v) is 16.6. The molecular formula is C19H25N3O4S. The maximum Gasteiger partial charge on any atom is 0.254 e. The van der Waals surface area contributed by atoms with E-state index in [0.29, 0.717) is 31.5 Å². The number of ether oxygens (including phenoxy) is 1. The molecular weight excluding hydrogens is 366 g/mol. The van der Waals surface area contributed by atoms with E-state index in [1.54, 1.807) is 7.11 Å². The molecule has 0 aromatic heterocycles. The third kappa shape index (κ3) is 3.47. The second kappa shape index (κ2) is 7.58. The number of likely N-dealkylation sites (tertiary alicyclic amines) is 1. The van der Waals surface area contributed by atoms with Crippen LogP contribution in [0, 0.1) is 17.2 Å². The Labute approximate surface area is 160 Å². The molecule has 2 aliphatic heterocycles. The van der Waals surface area contributed by atoms with Crippen molar-refractivity contribution < 1.29 is 17.9 Å². The summed E-state index contributed by atoms with van der Waals surface area (Å²) >= 11 is 0. The van der Waals surface area contributed by atoms with Gasteiger partial charge in [-0.25, -0.2) is 8.42 Å². The molecule has 146 valence electrons. The molecule has 1 amide bonds. The van der Waals surface area contributed by atoms with Crippen LogP contribution in [0.1, 0.15) is 32.3 Å². The fourth-order valence-corrected chi connectivity index (χ4v) is 5.59. The maximum absolute atomic E-state index is 12.8. The molecule has 0 radical (unpaired) electrons. The first-order chi connectivity index (χ1) is 12.8. The SMILES string of the molecule is CO[C@H]1C(=O)N(C(C)C)[C@H]1C1CCN(S(=O)(=O)c2ccc(C#N)cc2)CC1. The zero-order chi connectivity index (χ0) is 19.8. The van der Waals surface area contributed by atoms with E-state index >= 15 is 0 Å². The Balaban J connectivity index is 1.69. The standard InChI is InChI=1S/C19H25N3O4S/c1-13(2)22-17(18(26-3)19(22)23)15-8-10-21(11-9-15)27(24,25)16-6-4-14(12-20)5-7-16/h4-7,13,15,17-18H,8-11H2,1-3H3/t17-,18+/m0/s1. The van der Waals surface area contributed by atoms with Crippen molar-refractivity contribution in [3.63, 3.8) is 0 Å². The lowest BCUT2D eigenvalue weighted by atomic mass is 9.79.